The molecule has 154 valence electrons. The molecule has 0 aromatic heterocycles. The predicted octanol–water partition coefficient (Wildman–Crippen LogP) is 3.59. The standard InChI is InChI=1S/C24H30N2O3/c1-3-16-26(20-9-5-4-6-10-20)22-21(27)17-24(2,29-23(22)28)19-13-11-18(12-14-19)8-7-15-25/h4-6,9-14,22H,3,7-8,15-17,25H2,1-2H3. The van der Waals surface area contributed by atoms with Gasteiger partial charge in [-0.2, -0.15) is 0 Å². The fourth-order valence-corrected chi connectivity index (χ4v) is 3.93. The van der Waals surface area contributed by atoms with Crippen LogP contribution in [0, 0.1) is 0 Å². The van der Waals surface area contributed by atoms with E-state index in [1.165, 1.54) is 5.56 Å². The van der Waals surface area contributed by atoms with Crippen LogP contribution in [0.5, 0.6) is 0 Å². The third kappa shape index (κ3) is 4.67. The van der Waals surface area contributed by atoms with Gasteiger partial charge in [0.25, 0.3) is 0 Å². The summed E-state index contributed by atoms with van der Waals surface area (Å²) in [5.74, 6) is -0.582. The summed E-state index contributed by atoms with van der Waals surface area (Å²) in [6.45, 7) is 5.12. The van der Waals surface area contributed by atoms with Crippen LogP contribution in [0.3, 0.4) is 0 Å². The number of anilines is 1. The Morgan fingerprint density at radius 1 is 1.10 bits per heavy atom. The van der Waals surface area contributed by atoms with Crippen molar-refractivity contribution in [3.05, 3.63) is 65.7 Å². The maximum Gasteiger partial charge on any atom is 0.337 e. The highest BCUT2D eigenvalue weighted by Gasteiger charge is 2.47. The minimum absolute atomic E-state index is 0.103. The van der Waals surface area contributed by atoms with Crippen molar-refractivity contribution >= 4 is 17.4 Å². The van der Waals surface area contributed by atoms with E-state index in [1.807, 2.05) is 73.3 Å². The molecule has 0 amide bonds. The topological polar surface area (TPSA) is 72.6 Å². The number of hydrogen-bond donors (Lipinski definition) is 1. The van der Waals surface area contributed by atoms with Gasteiger partial charge in [-0.15, -0.1) is 0 Å². The second-order valence-corrected chi connectivity index (χ2v) is 7.82. The number of benzene rings is 2. The molecule has 0 bridgehead atoms. The smallest absolute Gasteiger partial charge is 0.337 e. The number of carbonyl (C=O) groups excluding carboxylic acids is 2. The zero-order chi connectivity index (χ0) is 20.9. The molecule has 2 unspecified atom stereocenters. The van der Waals surface area contributed by atoms with E-state index in [0.29, 0.717) is 13.1 Å². The van der Waals surface area contributed by atoms with Crippen molar-refractivity contribution in [2.24, 2.45) is 5.73 Å². The molecule has 3 rings (SSSR count). The Morgan fingerprint density at radius 2 is 1.79 bits per heavy atom. The Balaban J connectivity index is 1.81. The van der Waals surface area contributed by atoms with Crippen molar-refractivity contribution in [3.8, 4) is 0 Å². The van der Waals surface area contributed by atoms with Gasteiger partial charge in [-0.1, -0.05) is 49.4 Å². The lowest BCUT2D eigenvalue weighted by atomic mass is 9.85. The normalized spacial score (nSPS) is 21.7. The van der Waals surface area contributed by atoms with E-state index in [4.69, 9.17) is 10.5 Å². The summed E-state index contributed by atoms with van der Waals surface area (Å²) < 4.78 is 5.89. The van der Waals surface area contributed by atoms with Gasteiger partial charge < -0.3 is 15.4 Å². The van der Waals surface area contributed by atoms with Crippen molar-refractivity contribution in [2.45, 2.75) is 51.2 Å². The first-order valence-electron chi connectivity index (χ1n) is 10.3. The zero-order valence-electron chi connectivity index (χ0n) is 17.3. The molecule has 29 heavy (non-hydrogen) atoms. The molecular formula is C24H30N2O3. The molecule has 0 spiro atoms. The van der Waals surface area contributed by atoms with Crippen LogP contribution in [0.2, 0.25) is 0 Å². The number of para-hydroxylation sites is 1. The molecule has 1 heterocycles. The highest BCUT2D eigenvalue weighted by Crippen LogP contribution is 2.36. The molecule has 1 fully saturated rings. The Morgan fingerprint density at radius 3 is 2.38 bits per heavy atom. The lowest BCUT2D eigenvalue weighted by molar-refractivity contribution is -0.172. The second-order valence-electron chi connectivity index (χ2n) is 7.82. The molecule has 1 aliphatic rings. The molecule has 2 atom stereocenters. The molecule has 0 radical (unpaired) electrons. The van der Waals surface area contributed by atoms with E-state index in [1.54, 1.807) is 0 Å². The van der Waals surface area contributed by atoms with Gasteiger partial charge >= 0.3 is 5.97 Å². The van der Waals surface area contributed by atoms with Gasteiger partial charge in [0, 0.05) is 12.2 Å². The Labute approximate surface area is 172 Å². The average Bonchev–Trinajstić information content (AvgIpc) is 2.72. The Hall–Kier alpha value is -2.66. The lowest BCUT2D eigenvalue weighted by Crippen LogP contribution is -2.55. The van der Waals surface area contributed by atoms with Gasteiger partial charge in [-0.25, -0.2) is 4.79 Å². The van der Waals surface area contributed by atoms with E-state index in [9.17, 15) is 9.59 Å². The van der Waals surface area contributed by atoms with Crippen LogP contribution in [-0.4, -0.2) is 30.9 Å². The van der Waals surface area contributed by atoms with E-state index in [-0.39, 0.29) is 12.2 Å². The summed E-state index contributed by atoms with van der Waals surface area (Å²) in [6.07, 6.45) is 2.84. The van der Waals surface area contributed by atoms with E-state index in [0.717, 1.165) is 30.5 Å². The summed E-state index contributed by atoms with van der Waals surface area (Å²) in [6, 6.07) is 16.6. The molecule has 2 aromatic carbocycles. The maximum absolute atomic E-state index is 13.1. The second kappa shape index (κ2) is 9.23. The number of esters is 1. The van der Waals surface area contributed by atoms with Crippen molar-refractivity contribution in [3.63, 3.8) is 0 Å². The highest BCUT2D eigenvalue weighted by molar-refractivity contribution is 6.08. The summed E-state index contributed by atoms with van der Waals surface area (Å²) in [5, 5.41) is 0. The van der Waals surface area contributed by atoms with E-state index in [2.05, 4.69) is 0 Å². The number of carbonyl (C=O) groups is 2. The molecule has 5 heteroatoms. The fourth-order valence-electron chi connectivity index (χ4n) is 3.93. The number of rotatable bonds is 8. The molecule has 1 aliphatic heterocycles. The number of nitrogens with zero attached hydrogens (tertiary/aromatic N) is 1. The molecule has 0 saturated carbocycles. The minimum atomic E-state index is -0.939. The number of hydrogen-bond acceptors (Lipinski definition) is 5. The van der Waals surface area contributed by atoms with Crippen LogP contribution in [0.1, 0.15) is 44.2 Å². The number of ketones is 1. The van der Waals surface area contributed by atoms with Crippen molar-refractivity contribution in [2.75, 3.05) is 18.0 Å². The maximum atomic E-state index is 13.1. The van der Waals surface area contributed by atoms with E-state index >= 15 is 0 Å². The highest BCUT2D eigenvalue weighted by atomic mass is 16.6. The first-order valence-corrected chi connectivity index (χ1v) is 10.3. The number of cyclic esters (lactones) is 1. The lowest BCUT2D eigenvalue weighted by Gasteiger charge is -2.40. The van der Waals surface area contributed by atoms with Crippen LogP contribution in [0.15, 0.2) is 54.6 Å². The van der Waals surface area contributed by atoms with Gasteiger partial charge in [-0.3, -0.25) is 4.79 Å². The fraction of sp³-hybridized carbons (Fsp3) is 0.417. The summed E-state index contributed by atoms with van der Waals surface area (Å²) in [4.78, 5) is 28.0. The Kier molecular flexibility index (Phi) is 6.70. The average molecular weight is 395 g/mol. The number of nitrogens with two attached hydrogens (primary N) is 1. The monoisotopic (exact) mass is 394 g/mol. The van der Waals surface area contributed by atoms with E-state index < -0.39 is 17.6 Å². The Bertz CT molecular complexity index is 815. The first-order chi connectivity index (χ1) is 14.0. The van der Waals surface area contributed by atoms with Gasteiger partial charge in [0.1, 0.15) is 5.60 Å². The zero-order valence-corrected chi connectivity index (χ0v) is 17.3. The largest absolute Gasteiger partial charge is 0.452 e. The third-order valence-corrected chi connectivity index (χ3v) is 5.46. The van der Waals surface area contributed by atoms with Gasteiger partial charge in [0.2, 0.25) is 0 Å². The first kappa shape index (κ1) is 21.1. The number of Topliss-reactive ketones (excluding diaryl/α,β-unsaturated/α-hetero) is 1. The summed E-state index contributed by atoms with van der Waals surface area (Å²) >= 11 is 0. The van der Waals surface area contributed by atoms with Crippen LogP contribution in [-0.2, 0) is 26.3 Å². The van der Waals surface area contributed by atoms with Crippen molar-refractivity contribution in [1.82, 2.24) is 0 Å². The summed E-state index contributed by atoms with van der Waals surface area (Å²) in [7, 11) is 0. The molecule has 1 saturated heterocycles. The van der Waals surface area contributed by atoms with Crippen LogP contribution in [0.25, 0.3) is 0 Å². The number of ether oxygens (including phenoxy) is 1. The minimum Gasteiger partial charge on any atom is -0.452 e. The SMILES string of the molecule is CCCN(c1ccccc1)C1C(=O)CC(C)(c2ccc(CCCN)cc2)OC1=O. The van der Waals surface area contributed by atoms with Crippen molar-refractivity contribution < 1.29 is 14.3 Å². The van der Waals surface area contributed by atoms with Crippen LogP contribution in [0.4, 0.5) is 5.69 Å². The summed E-state index contributed by atoms with van der Waals surface area (Å²) in [5.41, 5.74) is 7.53. The van der Waals surface area contributed by atoms with Gasteiger partial charge in [-0.05, 0) is 56.0 Å². The van der Waals surface area contributed by atoms with Crippen LogP contribution >= 0.6 is 0 Å². The molecule has 2 aromatic rings. The van der Waals surface area contributed by atoms with Crippen LogP contribution < -0.4 is 10.6 Å². The number of aryl methyl sites for hydroxylation is 1. The van der Waals surface area contributed by atoms with Crippen molar-refractivity contribution in [1.29, 1.82) is 0 Å². The molecule has 0 aliphatic carbocycles. The predicted molar refractivity (Wildman–Crippen MR) is 115 cm³/mol. The molecular weight excluding hydrogens is 364 g/mol. The molecule has 5 nitrogen and oxygen atoms in total. The van der Waals surface area contributed by atoms with Gasteiger partial charge in [0.15, 0.2) is 11.8 Å². The van der Waals surface area contributed by atoms with Gasteiger partial charge in [0.05, 0.1) is 6.42 Å². The third-order valence-electron chi connectivity index (χ3n) is 5.46. The quantitative estimate of drug-likeness (QED) is 0.547. The molecule has 2 N–H and O–H groups in total.